The van der Waals surface area contributed by atoms with Crippen molar-refractivity contribution in [3.05, 3.63) is 84.4 Å². The number of aromatic nitrogens is 2. The average molecular weight is 399 g/mol. The number of benzene rings is 3. The summed E-state index contributed by atoms with van der Waals surface area (Å²) in [6.07, 6.45) is 0. The van der Waals surface area contributed by atoms with Gasteiger partial charge >= 0.3 is 0 Å². The van der Waals surface area contributed by atoms with Gasteiger partial charge < -0.3 is 14.8 Å². The summed E-state index contributed by atoms with van der Waals surface area (Å²) in [5.74, 6) is 1.06. The number of rotatable bonds is 7. The fourth-order valence-corrected chi connectivity index (χ4v) is 3.07. The van der Waals surface area contributed by atoms with Crippen LogP contribution in [0.3, 0.4) is 0 Å². The van der Waals surface area contributed by atoms with E-state index in [0.29, 0.717) is 24.6 Å². The Labute approximate surface area is 174 Å². The van der Waals surface area contributed by atoms with Gasteiger partial charge in [0, 0.05) is 17.2 Å². The minimum Gasteiger partial charge on any atom is -0.497 e. The molecule has 1 N–H and O–H groups in total. The van der Waals surface area contributed by atoms with Crippen molar-refractivity contribution >= 4 is 16.7 Å². The maximum Gasteiger partial charge on any atom is 0.251 e. The highest BCUT2D eigenvalue weighted by atomic mass is 16.5. The molecule has 0 saturated heterocycles. The van der Waals surface area contributed by atoms with Gasteiger partial charge in [-0.2, -0.15) is 0 Å². The summed E-state index contributed by atoms with van der Waals surface area (Å²) in [6, 6.07) is 24.8. The van der Waals surface area contributed by atoms with E-state index in [0.717, 1.165) is 27.8 Å². The number of nitrogens with zero attached hydrogens (tertiary/aromatic N) is 2. The Kier molecular flexibility index (Phi) is 5.85. The van der Waals surface area contributed by atoms with E-state index in [2.05, 4.69) is 15.5 Å². The highest BCUT2D eigenvalue weighted by Gasteiger charge is 2.07. The predicted molar refractivity (Wildman–Crippen MR) is 116 cm³/mol. The lowest BCUT2D eigenvalue weighted by Crippen LogP contribution is -2.28. The number of hydrogen-bond acceptors (Lipinski definition) is 5. The molecule has 0 radical (unpaired) electrons. The smallest absolute Gasteiger partial charge is 0.251 e. The monoisotopic (exact) mass is 399 g/mol. The SMILES string of the molecule is COc1ccc(-c2ccc(OCCNC(=O)c3ccc4ccccc4c3)nn2)cc1. The average Bonchev–Trinajstić information content (AvgIpc) is 2.82. The van der Waals surface area contributed by atoms with Gasteiger partial charge in [-0.25, -0.2) is 0 Å². The second-order valence-electron chi connectivity index (χ2n) is 6.65. The Bertz CT molecular complexity index is 1140. The number of ether oxygens (including phenoxy) is 2. The van der Waals surface area contributed by atoms with E-state index in [1.54, 1.807) is 13.2 Å². The number of fused-ring (bicyclic) bond motifs is 1. The number of methoxy groups -OCH3 is 1. The van der Waals surface area contributed by atoms with Crippen LogP contribution in [-0.2, 0) is 0 Å². The van der Waals surface area contributed by atoms with E-state index in [9.17, 15) is 4.79 Å². The van der Waals surface area contributed by atoms with E-state index in [1.807, 2.05) is 72.8 Å². The van der Waals surface area contributed by atoms with Crippen molar-refractivity contribution in [2.24, 2.45) is 0 Å². The molecule has 0 fully saturated rings. The second-order valence-corrected chi connectivity index (χ2v) is 6.65. The summed E-state index contributed by atoms with van der Waals surface area (Å²) < 4.78 is 10.7. The molecule has 1 aromatic heterocycles. The van der Waals surface area contributed by atoms with Crippen molar-refractivity contribution in [1.29, 1.82) is 0 Å². The summed E-state index contributed by atoms with van der Waals surface area (Å²) in [5, 5.41) is 13.3. The zero-order valence-electron chi connectivity index (χ0n) is 16.5. The summed E-state index contributed by atoms with van der Waals surface area (Å²) in [6.45, 7) is 0.670. The largest absolute Gasteiger partial charge is 0.497 e. The highest BCUT2D eigenvalue weighted by Crippen LogP contribution is 2.21. The Hall–Kier alpha value is -3.93. The van der Waals surface area contributed by atoms with Crippen LogP contribution < -0.4 is 14.8 Å². The standard InChI is InChI=1S/C24H21N3O3/c1-29-21-10-8-18(9-11-21)22-12-13-23(27-26-22)30-15-14-25-24(28)20-7-6-17-4-2-3-5-19(17)16-20/h2-13,16H,14-15H2,1H3,(H,25,28). The predicted octanol–water partition coefficient (Wildman–Crippen LogP) is 4.11. The number of carbonyl (C=O) groups is 1. The number of nitrogens with one attached hydrogen (secondary N) is 1. The molecule has 30 heavy (non-hydrogen) atoms. The lowest BCUT2D eigenvalue weighted by atomic mass is 10.1. The fourth-order valence-electron chi connectivity index (χ4n) is 3.07. The van der Waals surface area contributed by atoms with Gasteiger partial charge in [0.2, 0.25) is 5.88 Å². The molecule has 0 atom stereocenters. The second kappa shape index (κ2) is 9.05. The van der Waals surface area contributed by atoms with Crippen molar-refractivity contribution < 1.29 is 14.3 Å². The van der Waals surface area contributed by atoms with Gasteiger partial charge in [0.15, 0.2) is 0 Å². The maximum absolute atomic E-state index is 12.3. The van der Waals surface area contributed by atoms with Crippen LogP contribution in [0.5, 0.6) is 11.6 Å². The van der Waals surface area contributed by atoms with Crippen molar-refractivity contribution in [3.63, 3.8) is 0 Å². The highest BCUT2D eigenvalue weighted by molar-refractivity contribution is 5.98. The minimum absolute atomic E-state index is 0.134. The molecule has 0 aliphatic rings. The van der Waals surface area contributed by atoms with Gasteiger partial charge in [-0.1, -0.05) is 30.3 Å². The van der Waals surface area contributed by atoms with Crippen molar-refractivity contribution in [3.8, 4) is 22.9 Å². The molecule has 0 saturated carbocycles. The van der Waals surface area contributed by atoms with E-state index in [1.165, 1.54) is 0 Å². The van der Waals surface area contributed by atoms with E-state index >= 15 is 0 Å². The molecule has 0 aliphatic heterocycles. The van der Waals surface area contributed by atoms with Crippen LogP contribution in [0.2, 0.25) is 0 Å². The van der Waals surface area contributed by atoms with Gasteiger partial charge in [-0.3, -0.25) is 4.79 Å². The third-order valence-electron chi connectivity index (χ3n) is 4.68. The molecule has 1 amide bonds. The molecule has 0 unspecified atom stereocenters. The zero-order chi connectivity index (χ0) is 20.8. The fraction of sp³-hybridized carbons (Fsp3) is 0.125. The molecule has 0 bridgehead atoms. The molecular formula is C24H21N3O3. The molecule has 6 heteroatoms. The molecule has 0 spiro atoms. The first kappa shape index (κ1) is 19.4. The normalized spacial score (nSPS) is 10.6. The number of hydrogen-bond donors (Lipinski definition) is 1. The van der Waals surface area contributed by atoms with Gasteiger partial charge in [-0.15, -0.1) is 10.2 Å². The zero-order valence-corrected chi connectivity index (χ0v) is 16.5. The van der Waals surface area contributed by atoms with E-state index in [4.69, 9.17) is 9.47 Å². The molecule has 1 heterocycles. The first-order valence-electron chi connectivity index (χ1n) is 9.61. The van der Waals surface area contributed by atoms with Crippen LogP contribution >= 0.6 is 0 Å². The molecule has 4 rings (SSSR count). The topological polar surface area (TPSA) is 73.3 Å². The molecular weight excluding hydrogens is 378 g/mol. The van der Waals surface area contributed by atoms with Crippen LogP contribution in [0.1, 0.15) is 10.4 Å². The van der Waals surface area contributed by atoms with Gasteiger partial charge in [0.05, 0.1) is 19.3 Å². The summed E-state index contributed by atoms with van der Waals surface area (Å²) in [7, 11) is 1.63. The molecule has 3 aromatic carbocycles. The lowest BCUT2D eigenvalue weighted by molar-refractivity contribution is 0.0946. The first-order chi connectivity index (χ1) is 14.7. The summed E-state index contributed by atoms with van der Waals surface area (Å²) >= 11 is 0. The lowest BCUT2D eigenvalue weighted by Gasteiger charge is -2.08. The van der Waals surface area contributed by atoms with Crippen molar-refractivity contribution in [1.82, 2.24) is 15.5 Å². The molecule has 4 aromatic rings. The quantitative estimate of drug-likeness (QED) is 0.474. The molecule has 0 aliphatic carbocycles. The van der Waals surface area contributed by atoms with Crippen LogP contribution in [0, 0.1) is 0 Å². The third kappa shape index (κ3) is 4.55. The summed E-state index contributed by atoms with van der Waals surface area (Å²) in [5.41, 5.74) is 2.31. The van der Waals surface area contributed by atoms with Crippen LogP contribution in [0.25, 0.3) is 22.0 Å². The first-order valence-corrected chi connectivity index (χ1v) is 9.61. The minimum atomic E-state index is -0.134. The number of amides is 1. The van der Waals surface area contributed by atoms with Crippen LogP contribution in [-0.4, -0.2) is 36.4 Å². The van der Waals surface area contributed by atoms with E-state index < -0.39 is 0 Å². The Balaban J connectivity index is 1.28. The number of carbonyl (C=O) groups excluding carboxylic acids is 1. The Morgan fingerprint density at radius 3 is 2.43 bits per heavy atom. The van der Waals surface area contributed by atoms with Crippen LogP contribution in [0.15, 0.2) is 78.9 Å². The van der Waals surface area contributed by atoms with Crippen molar-refractivity contribution in [2.45, 2.75) is 0 Å². The van der Waals surface area contributed by atoms with Gasteiger partial charge in [0.25, 0.3) is 5.91 Å². The van der Waals surface area contributed by atoms with Crippen LogP contribution in [0.4, 0.5) is 0 Å². The molecule has 6 nitrogen and oxygen atoms in total. The third-order valence-corrected chi connectivity index (χ3v) is 4.68. The Morgan fingerprint density at radius 2 is 1.70 bits per heavy atom. The van der Waals surface area contributed by atoms with Gasteiger partial charge in [0.1, 0.15) is 12.4 Å². The van der Waals surface area contributed by atoms with Gasteiger partial charge in [-0.05, 0) is 53.2 Å². The summed E-state index contributed by atoms with van der Waals surface area (Å²) in [4.78, 5) is 12.3. The van der Waals surface area contributed by atoms with Crippen molar-refractivity contribution in [2.75, 3.05) is 20.3 Å². The molecule has 150 valence electrons. The Morgan fingerprint density at radius 1 is 0.900 bits per heavy atom. The van der Waals surface area contributed by atoms with E-state index in [-0.39, 0.29) is 5.91 Å². The maximum atomic E-state index is 12.3.